The lowest BCUT2D eigenvalue weighted by Crippen LogP contribution is -2.33. The molecule has 2 aromatic carbocycles. The summed E-state index contributed by atoms with van der Waals surface area (Å²) in [4.78, 5) is 27.2. The number of hydrogen-bond acceptors (Lipinski definition) is 7. The Labute approximate surface area is 222 Å². The summed E-state index contributed by atoms with van der Waals surface area (Å²) in [6.07, 6.45) is 2.99. The fourth-order valence-corrected chi connectivity index (χ4v) is 5.01. The van der Waals surface area contributed by atoms with E-state index in [-0.39, 0.29) is 24.8 Å². The second-order valence-corrected chi connectivity index (χ2v) is 9.61. The number of thioether (sulfide) groups is 1. The first-order valence-electron chi connectivity index (χ1n) is 11.4. The quantitative estimate of drug-likeness (QED) is 0.220. The van der Waals surface area contributed by atoms with Crippen LogP contribution in [-0.4, -0.2) is 33.3 Å². The molecular formula is C27H21ClN4O4S. The highest BCUT2D eigenvalue weighted by atomic mass is 35.5. The average Bonchev–Trinajstić information content (AvgIpc) is 3.64. The molecule has 1 fully saturated rings. The molecule has 8 nitrogen and oxygen atoms in total. The second-order valence-electron chi connectivity index (χ2n) is 8.04. The van der Waals surface area contributed by atoms with Gasteiger partial charge < -0.3 is 14.2 Å². The van der Waals surface area contributed by atoms with Crippen molar-refractivity contribution in [1.29, 1.82) is 0 Å². The molecular weight excluding hydrogens is 512 g/mol. The smallest absolute Gasteiger partial charge is 0.243 e. The zero-order valence-corrected chi connectivity index (χ0v) is 21.0. The summed E-state index contributed by atoms with van der Waals surface area (Å²) in [5.41, 5.74) is 1.44. The number of carbonyl (C=O) groups is 2. The van der Waals surface area contributed by atoms with Crippen molar-refractivity contribution in [3.63, 3.8) is 0 Å². The van der Waals surface area contributed by atoms with E-state index >= 15 is 0 Å². The molecule has 37 heavy (non-hydrogen) atoms. The van der Waals surface area contributed by atoms with E-state index in [1.807, 2.05) is 36.4 Å². The molecule has 4 aromatic rings. The van der Waals surface area contributed by atoms with Crippen molar-refractivity contribution in [1.82, 2.24) is 4.90 Å². The molecule has 1 N–H and O–H groups in total. The summed E-state index contributed by atoms with van der Waals surface area (Å²) in [6.45, 7) is 0.182. The fraction of sp³-hybridized carbons (Fsp3) is 0.111. The van der Waals surface area contributed by atoms with Gasteiger partial charge in [-0.3, -0.25) is 14.5 Å². The van der Waals surface area contributed by atoms with Gasteiger partial charge in [-0.25, -0.2) is 0 Å². The van der Waals surface area contributed by atoms with Crippen LogP contribution in [0.2, 0.25) is 5.02 Å². The number of benzene rings is 2. The first-order chi connectivity index (χ1) is 18.1. The Balaban J connectivity index is 1.31. The number of furan rings is 2. The van der Waals surface area contributed by atoms with Crippen molar-refractivity contribution < 1.29 is 18.4 Å². The Morgan fingerprint density at radius 1 is 1.05 bits per heavy atom. The van der Waals surface area contributed by atoms with Crippen molar-refractivity contribution >= 4 is 52.2 Å². The van der Waals surface area contributed by atoms with Crippen molar-refractivity contribution in [2.24, 2.45) is 10.2 Å². The maximum Gasteiger partial charge on any atom is 0.243 e. The van der Waals surface area contributed by atoms with Crippen LogP contribution in [0.3, 0.4) is 0 Å². The number of nitrogens with zero attached hydrogens (tertiary/aromatic N) is 3. The zero-order chi connectivity index (χ0) is 25.6. The fourth-order valence-electron chi connectivity index (χ4n) is 3.68. The molecule has 2 aromatic heterocycles. The first-order valence-corrected chi connectivity index (χ1v) is 12.6. The molecule has 0 saturated carbocycles. The lowest BCUT2D eigenvalue weighted by atomic mass is 10.2. The number of amides is 2. The molecule has 1 atom stereocenters. The highest BCUT2D eigenvalue weighted by molar-refractivity contribution is 8.15. The topological polar surface area (TPSA) is 100 Å². The van der Waals surface area contributed by atoms with E-state index in [0.29, 0.717) is 33.2 Å². The molecule has 1 unspecified atom stereocenters. The van der Waals surface area contributed by atoms with E-state index < -0.39 is 5.25 Å². The van der Waals surface area contributed by atoms with Crippen LogP contribution in [0.4, 0.5) is 5.69 Å². The second kappa shape index (κ2) is 11.3. The van der Waals surface area contributed by atoms with Crippen LogP contribution in [0, 0.1) is 0 Å². The summed E-state index contributed by atoms with van der Waals surface area (Å²) in [7, 11) is 0. The SMILES string of the molecule is O=C(CC1S/C(=N\N=C\c2ccc(-c3ccccc3Cl)o2)N(Cc2ccco2)C1=O)Nc1ccccc1. The predicted molar refractivity (Wildman–Crippen MR) is 145 cm³/mol. The summed E-state index contributed by atoms with van der Waals surface area (Å²) >= 11 is 7.44. The van der Waals surface area contributed by atoms with Gasteiger partial charge >= 0.3 is 0 Å². The number of para-hydroxylation sites is 1. The van der Waals surface area contributed by atoms with Crippen LogP contribution in [0.1, 0.15) is 17.9 Å². The van der Waals surface area contributed by atoms with Gasteiger partial charge in [-0.15, -0.1) is 5.10 Å². The number of anilines is 1. The zero-order valence-electron chi connectivity index (χ0n) is 19.4. The maximum absolute atomic E-state index is 13.2. The molecule has 1 saturated heterocycles. The predicted octanol–water partition coefficient (Wildman–Crippen LogP) is 6.06. The van der Waals surface area contributed by atoms with Crippen molar-refractivity contribution in [2.75, 3.05) is 5.32 Å². The molecule has 186 valence electrons. The maximum atomic E-state index is 13.2. The summed E-state index contributed by atoms with van der Waals surface area (Å²) in [5.74, 6) is 1.18. The third-order valence-electron chi connectivity index (χ3n) is 5.44. The number of nitrogens with one attached hydrogen (secondary N) is 1. The largest absolute Gasteiger partial charge is 0.467 e. The van der Waals surface area contributed by atoms with Crippen LogP contribution in [0.5, 0.6) is 0 Å². The number of carbonyl (C=O) groups excluding carboxylic acids is 2. The minimum Gasteiger partial charge on any atom is -0.467 e. The van der Waals surface area contributed by atoms with Gasteiger partial charge in [0.1, 0.15) is 22.5 Å². The Morgan fingerprint density at radius 2 is 1.86 bits per heavy atom. The average molecular weight is 533 g/mol. The minimum absolute atomic E-state index is 0.00480. The van der Waals surface area contributed by atoms with Crippen LogP contribution >= 0.6 is 23.4 Å². The van der Waals surface area contributed by atoms with E-state index in [1.165, 1.54) is 29.1 Å². The third kappa shape index (κ3) is 6.02. The van der Waals surface area contributed by atoms with Gasteiger partial charge in [0.25, 0.3) is 0 Å². The standard InChI is InChI=1S/C27H21ClN4O4S/c28-22-11-5-4-10-21(22)23-13-12-19(36-23)16-29-31-27-32(17-20-9-6-14-35-20)26(34)24(37-27)15-25(33)30-18-7-2-1-3-8-18/h1-14,16,24H,15,17H2,(H,30,33)/b29-16+,31-27-. The lowest BCUT2D eigenvalue weighted by Gasteiger charge is -2.14. The van der Waals surface area contributed by atoms with Gasteiger partial charge in [0.15, 0.2) is 5.17 Å². The third-order valence-corrected chi connectivity index (χ3v) is 6.93. The number of hydrogen-bond donors (Lipinski definition) is 1. The molecule has 0 radical (unpaired) electrons. The number of halogens is 1. The summed E-state index contributed by atoms with van der Waals surface area (Å²) in [6, 6.07) is 23.6. The van der Waals surface area contributed by atoms with Crippen molar-refractivity contribution in [2.45, 2.75) is 18.2 Å². The van der Waals surface area contributed by atoms with E-state index in [9.17, 15) is 9.59 Å². The monoisotopic (exact) mass is 532 g/mol. The first kappa shape index (κ1) is 24.6. The van der Waals surface area contributed by atoms with Crippen molar-refractivity contribution in [3.05, 3.63) is 102 Å². The highest BCUT2D eigenvalue weighted by Crippen LogP contribution is 2.32. The molecule has 0 aliphatic carbocycles. The molecule has 5 rings (SSSR count). The van der Waals surface area contributed by atoms with Gasteiger partial charge in [0, 0.05) is 17.7 Å². The molecule has 0 spiro atoms. The van der Waals surface area contributed by atoms with Crippen LogP contribution < -0.4 is 5.32 Å². The number of amidine groups is 1. The molecule has 0 bridgehead atoms. The molecule has 3 heterocycles. The summed E-state index contributed by atoms with van der Waals surface area (Å²) in [5, 5.41) is 11.5. The normalized spacial score (nSPS) is 16.7. The Morgan fingerprint density at radius 3 is 2.65 bits per heavy atom. The van der Waals surface area contributed by atoms with E-state index in [1.54, 1.807) is 42.5 Å². The van der Waals surface area contributed by atoms with Gasteiger partial charge in [-0.2, -0.15) is 5.10 Å². The van der Waals surface area contributed by atoms with Gasteiger partial charge in [0.05, 0.1) is 24.0 Å². The van der Waals surface area contributed by atoms with Gasteiger partial charge in [-0.05, 0) is 48.5 Å². The Kier molecular flexibility index (Phi) is 7.53. The van der Waals surface area contributed by atoms with Gasteiger partial charge in [0.2, 0.25) is 11.8 Å². The highest BCUT2D eigenvalue weighted by Gasteiger charge is 2.39. The van der Waals surface area contributed by atoms with Crippen molar-refractivity contribution in [3.8, 4) is 11.3 Å². The van der Waals surface area contributed by atoms with E-state index in [2.05, 4.69) is 15.5 Å². The number of rotatable bonds is 8. The van der Waals surface area contributed by atoms with Gasteiger partial charge in [-0.1, -0.05) is 53.7 Å². The molecule has 10 heteroatoms. The Bertz CT molecular complexity index is 1450. The summed E-state index contributed by atoms with van der Waals surface area (Å²) < 4.78 is 11.2. The minimum atomic E-state index is -0.636. The van der Waals surface area contributed by atoms with E-state index in [4.69, 9.17) is 20.4 Å². The Hall–Kier alpha value is -4.08. The van der Waals surface area contributed by atoms with Crippen LogP contribution in [0.15, 0.2) is 104 Å². The van der Waals surface area contributed by atoms with Crippen LogP contribution in [-0.2, 0) is 16.1 Å². The van der Waals surface area contributed by atoms with E-state index in [0.717, 1.165) is 5.56 Å². The molecule has 1 aliphatic heterocycles. The molecule has 1 aliphatic rings. The lowest BCUT2D eigenvalue weighted by molar-refractivity contribution is -0.128. The molecule has 2 amide bonds. The van der Waals surface area contributed by atoms with Crippen LogP contribution in [0.25, 0.3) is 11.3 Å².